The van der Waals surface area contributed by atoms with Crippen LogP contribution in [0.3, 0.4) is 0 Å². The van der Waals surface area contributed by atoms with E-state index in [1.165, 1.54) is 5.56 Å². The fourth-order valence-corrected chi connectivity index (χ4v) is 3.13. The molecule has 1 aromatic heterocycles. The third-order valence-electron chi connectivity index (χ3n) is 4.49. The van der Waals surface area contributed by atoms with Crippen molar-refractivity contribution < 1.29 is 9.15 Å². The molecular weight excluding hydrogens is 316 g/mol. The highest BCUT2D eigenvalue weighted by atomic mass is 16.5. The van der Waals surface area contributed by atoms with Gasteiger partial charge in [-0.3, -0.25) is 4.99 Å². The Hall–Kier alpha value is -2.34. The van der Waals surface area contributed by atoms with E-state index in [0.717, 1.165) is 43.4 Å². The molecule has 1 aromatic carbocycles. The molecule has 0 bridgehead atoms. The van der Waals surface area contributed by atoms with Crippen LogP contribution < -0.4 is 5.32 Å². The first-order valence-electron chi connectivity index (χ1n) is 8.66. The Morgan fingerprint density at radius 1 is 1.40 bits per heavy atom. The van der Waals surface area contributed by atoms with Crippen LogP contribution in [0.5, 0.6) is 0 Å². The molecule has 0 saturated carbocycles. The van der Waals surface area contributed by atoms with Crippen molar-refractivity contribution >= 4 is 5.96 Å². The molecule has 6 heteroatoms. The van der Waals surface area contributed by atoms with Crippen molar-refractivity contribution in [2.45, 2.75) is 19.9 Å². The lowest BCUT2D eigenvalue weighted by atomic mass is 10.1. The van der Waals surface area contributed by atoms with Crippen molar-refractivity contribution in [1.29, 1.82) is 0 Å². The van der Waals surface area contributed by atoms with Gasteiger partial charge in [-0.1, -0.05) is 29.8 Å². The third-order valence-corrected chi connectivity index (χ3v) is 4.49. The van der Waals surface area contributed by atoms with Crippen molar-refractivity contribution in [3.05, 3.63) is 41.9 Å². The Kier molecular flexibility index (Phi) is 5.71. The van der Waals surface area contributed by atoms with Crippen LogP contribution in [0, 0.1) is 12.8 Å². The molecule has 0 amide bonds. The summed E-state index contributed by atoms with van der Waals surface area (Å²) in [5.41, 5.74) is 2.27. The molecule has 1 fully saturated rings. The maximum atomic E-state index is 5.86. The summed E-state index contributed by atoms with van der Waals surface area (Å²) in [6, 6.07) is 8.24. The number of aromatic nitrogens is 1. The Bertz CT molecular complexity index is 708. The summed E-state index contributed by atoms with van der Waals surface area (Å²) in [6.07, 6.45) is 2.90. The van der Waals surface area contributed by atoms with Crippen LogP contribution in [-0.2, 0) is 11.3 Å². The molecule has 6 nitrogen and oxygen atoms in total. The number of methoxy groups -OCH3 is 1. The molecule has 25 heavy (non-hydrogen) atoms. The fraction of sp³-hybridized carbons (Fsp3) is 0.474. The van der Waals surface area contributed by atoms with Crippen LogP contribution in [0.1, 0.15) is 17.9 Å². The van der Waals surface area contributed by atoms with Crippen LogP contribution in [0.2, 0.25) is 0 Å². The molecule has 1 aliphatic rings. The maximum Gasteiger partial charge on any atom is 0.214 e. The van der Waals surface area contributed by atoms with Gasteiger partial charge in [0.2, 0.25) is 5.89 Å². The van der Waals surface area contributed by atoms with Gasteiger partial charge in [-0.2, -0.15) is 0 Å². The number of ether oxygens (including phenoxy) is 1. The molecule has 1 aliphatic heterocycles. The van der Waals surface area contributed by atoms with E-state index < -0.39 is 0 Å². The van der Waals surface area contributed by atoms with E-state index in [-0.39, 0.29) is 0 Å². The molecule has 2 aromatic rings. The number of aliphatic imine (C=N–C) groups is 1. The Morgan fingerprint density at radius 2 is 2.20 bits per heavy atom. The van der Waals surface area contributed by atoms with Crippen molar-refractivity contribution in [3.63, 3.8) is 0 Å². The summed E-state index contributed by atoms with van der Waals surface area (Å²) in [7, 11) is 3.56. The van der Waals surface area contributed by atoms with Crippen molar-refractivity contribution in [3.8, 4) is 11.3 Å². The lowest BCUT2D eigenvalue weighted by Gasteiger charge is -2.21. The number of benzene rings is 1. The minimum Gasteiger partial charge on any atom is -0.439 e. The fourth-order valence-electron chi connectivity index (χ4n) is 3.13. The van der Waals surface area contributed by atoms with Gasteiger partial charge in [0.1, 0.15) is 0 Å². The molecule has 1 atom stereocenters. The van der Waals surface area contributed by atoms with Crippen LogP contribution in [0.4, 0.5) is 0 Å². The number of guanidine groups is 1. The highest BCUT2D eigenvalue weighted by Crippen LogP contribution is 2.21. The molecule has 2 heterocycles. The second-order valence-electron chi connectivity index (χ2n) is 6.44. The van der Waals surface area contributed by atoms with E-state index in [2.05, 4.69) is 39.2 Å². The minimum atomic E-state index is 0.518. The van der Waals surface area contributed by atoms with Gasteiger partial charge in [0.25, 0.3) is 0 Å². The van der Waals surface area contributed by atoms with Gasteiger partial charge >= 0.3 is 0 Å². The van der Waals surface area contributed by atoms with Gasteiger partial charge in [0.05, 0.1) is 19.3 Å². The number of nitrogens with zero attached hydrogens (tertiary/aromatic N) is 3. The monoisotopic (exact) mass is 342 g/mol. The molecule has 1 unspecified atom stereocenters. The standard InChI is InChI=1S/C19H26N4O2/c1-14-4-6-16(7-5-14)17-10-21-18(25-17)11-22-19(20-2)23-9-8-15(12-23)13-24-3/h4-7,10,15H,8-9,11-13H2,1-3H3,(H,20,22). The quantitative estimate of drug-likeness (QED) is 0.669. The Balaban J connectivity index is 1.57. The summed E-state index contributed by atoms with van der Waals surface area (Å²) < 4.78 is 11.1. The molecule has 0 radical (unpaired) electrons. The van der Waals surface area contributed by atoms with E-state index in [1.54, 1.807) is 20.4 Å². The van der Waals surface area contributed by atoms with Crippen molar-refractivity contribution in [1.82, 2.24) is 15.2 Å². The largest absolute Gasteiger partial charge is 0.439 e. The van der Waals surface area contributed by atoms with Gasteiger partial charge < -0.3 is 19.4 Å². The van der Waals surface area contributed by atoms with Crippen LogP contribution in [-0.4, -0.2) is 49.7 Å². The highest BCUT2D eigenvalue weighted by molar-refractivity contribution is 5.80. The highest BCUT2D eigenvalue weighted by Gasteiger charge is 2.24. The van der Waals surface area contributed by atoms with Gasteiger partial charge in [0.15, 0.2) is 11.7 Å². The summed E-state index contributed by atoms with van der Waals surface area (Å²) in [4.78, 5) is 11.0. The number of likely N-dealkylation sites (tertiary alicyclic amines) is 1. The molecule has 1 saturated heterocycles. The predicted octanol–water partition coefficient (Wildman–Crippen LogP) is 2.69. The van der Waals surface area contributed by atoms with E-state index in [0.29, 0.717) is 18.4 Å². The number of rotatable bonds is 5. The maximum absolute atomic E-state index is 5.86. The number of nitrogens with one attached hydrogen (secondary N) is 1. The van der Waals surface area contributed by atoms with Crippen molar-refractivity contribution in [2.24, 2.45) is 10.9 Å². The zero-order valence-electron chi connectivity index (χ0n) is 15.2. The number of hydrogen-bond acceptors (Lipinski definition) is 4. The van der Waals surface area contributed by atoms with E-state index in [9.17, 15) is 0 Å². The first-order chi connectivity index (χ1) is 12.2. The first kappa shape index (κ1) is 17.5. The van der Waals surface area contributed by atoms with Gasteiger partial charge in [-0.15, -0.1) is 0 Å². The number of aryl methyl sites for hydroxylation is 1. The van der Waals surface area contributed by atoms with Crippen LogP contribution in [0.25, 0.3) is 11.3 Å². The topological polar surface area (TPSA) is 62.9 Å². The zero-order valence-corrected chi connectivity index (χ0v) is 15.2. The number of oxazole rings is 1. The SMILES string of the molecule is CN=C(NCc1ncc(-c2ccc(C)cc2)o1)N1CCC(COC)C1. The molecule has 0 spiro atoms. The number of hydrogen-bond donors (Lipinski definition) is 1. The van der Waals surface area contributed by atoms with Gasteiger partial charge in [0, 0.05) is 38.7 Å². The second kappa shape index (κ2) is 8.16. The van der Waals surface area contributed by atoms with Gasteiger partial charge in [-0.05, 0) is 13.3 Å². The lowest BCUT2D eigenvalue weighted by Crippen LogP contribution is -2.39. The van der Waals surface area contributed by atoms with Crippen LogP contribution >= 0.6 is 0 Å². The molecule has 134 valence electrons. The average Bonchev–Trinajstić information content (AvgIpc) is 3.27. The van der Waals surface area contributed by atoms with E-state index >= 15 is 0 Å². The summed E-state index contributed by atoms with van der Waals surface area (Å²) in [5.74, 6) is 2.89. The molecule has 0 aliphatic carbocycles. The Labute approximate surface area is 148 Å². The summed E-state index contributed by atoms with van der Waals surface area (Å²) in [5, 5.41) is 3.34. The summed E-state index contributed by atoms with van der Waals surface area (Å²) >= 11 is 0. The summed E-state index contributed by atoms with van der Waals surface area (Å²) in [6.45, 7) is 5.35. The normalized spacial score (nSPS) is 18.0. The van der Waals surface area contributed by atoms with Crippen LogP contribution in [0.15, 0.2) is 39.9 Å². The van der Waals surface area contributed by atoms with Gasteiger partial charge in [-0.25, -0.2) is 4.98 Å². The first-order valence-corrected chi connectivity index (χ1v) is 8.66. The Morgan fingerprint density at radius 3 is 2.92 bits per heavy atom. The average molecular weight is 342 g/mol. The van der Waals surface area contributed by atoms with Crippen molar-refractivity contribution in [2.75, 3.05) is 33.9 Å². The molecule has 1 N–H and O–H groups in total. The lowest BCUT2D eigenvalue weighted by molar-refractivity contribution is 0.157. The van der Waals surface area contributed by atoms with E-state index in [4.69, 9.17) is 9.15 Å². The molecular formula is C19H26N4O2. The third kappa shape index (κ3) is 4.39. The molecule has 3 rings (SSSR count). The smallest absolute Gasteiger partial charge is 0.214 e. The minimum absolute atomic E-state index is 0.518. The predicted molar refractivity (Wildman–Crippen MR) is 98.4 cm³/mol. The van der Waals surface area contributed by atoms with E-state index in [1.807, 2.05) is 12.1 Å². The second-order valence-corrected chi connectivity index (χ2v) is 6.44. The zero-order chi connectivity index (χ0) is 17.6.